The van der Waals surface area contributed by atoms with E-state index in [1.807, 2.05) is 60.7 Å². The van der Waals surface area contributed by atoms with Crippen LogP contribution in [0.5, 0.6) is 0 Å². The predicted octanol–water partition coefficient (Wildman–Crippen LogP) is 3.86. The SMILES string of the molecule is C=CCn1c(N)cc(=O)nc1S[C@@H](C)C(=O)N(c1ccccc1)c1ccccc1. The van der Waals surface area contributed by atoms with Crippen molar-refractivity contribution in [1.82, 2.24) is 9.55 Å². The van der Waals surface area contributed by atoms with Crippen LogP contribution in [0.2, 0.25) is 0 Å². The molecule has 2 N–H and O–H groups in total. The summed E-state index contributed by atoms with van der Waals surface area (Å²) in [6, 6.07) is 20.2. The Labute approximate surface area is 173 Å². The van der Waals surface area contributed by atoms with Gasteiger partial charge in [-0.2, -0.15) is 4.98 Å². The minimum Gasteiger partial charge on any atom is -0.385 e. The number of nitrogens with zero attached hydrogens (tertiary/aromatic N) is 3. The second-order valence-electron chi connectivity index (χ2n) is 6.31. The van der Waals surface area contributed by atoms with Gasteiger partial charge in [-0.1, -0.05) is 54.2 Å². The number of nitrogens with two attached hydrogens (primary N) is 1. The van der Waals surface area contributed by atoms with Gasteiger partial charge in [-0.3, -0.25) is 14.5 Å². The predicted molar refractivity (Wildman–Crippen MR) is 118 cm³/mol. The van der Waals surface area contributed by atoms with Crippen LogP contribution in [0.1, 0.15) is 6.92 Å². The lowest BCUT2D eigenvalue weighted by Gasteiger charge is -2.26. The van der Waals surface area contributed by atoms with Crippen molar-refractivity contribution in [3.8, 4) is 0 Å². The highest BCUT2D eigenvalue weighted by molar-refractivity contribution is 8.00. The molecule has 1 amide bonds. The average molecular weight is 407 g/mol. The van der Waals surface area contributed by atoms with Gasteiger partial charge in [0.15, 0.2) is 5.16 Å². The van der Waals surface area contributed by atoms with Crippen LogP contribution < -0.4 is 16.2 Å². The first-order valence-electron chi connectivity index (χ1n) is 9.10. The summed E-state index contributed by atoms with van der Waals surface area (Å²) < 4.78 is 1.66. The standard InChI is InChI=1S/C22H22N4O2S/c1-3-14-25-19(23)15-20(27)24-22(25)29-16(2)21(28)26(17-10-6-4-7-11-17)18-12-8-5-9-13-18/h3-13,15-16H,1,14,23H2,2H3/t16-/m0/s1. The molecule has 148 valence electrons. The zero-order valence-electron chi connectivity index (χ0n) is 16.1. The van der Waals surface area contributed by atoms with E-state index in [2.05, 4.69) is 11.6 Å². The number of anilines is 3. The van der Waals surface area contributed by atoms with Crippen LogP contribution >= 0.6 is 11.8 Å². The molecule has 0 saturated carbocycles. The van der Waals surface area contributed by atoms with Crippen molar-refractivity contribution in [3.05, 3.63) is 89.7 Å². The highest BCUT2D eigenvalue weighted by Crippen LogP contribution is 2.30. The molecule has 0 unspecified atom stereocenters. The zero-order valence-corrected chi connectivity index (χ0v) is 16.9. The molecular formula is C22H22N4O2S. The molecule has 6 nitrogen and oxygen atoms in total. The lowest BCUT2D eigenvalue weighted by Crippen LogP contribution is -2.33. The van der Waals surface area contributed by atoms with E-state index in [0.29, 0.717) is 11.7 Å². The highest BCUT2D eigenvalue weighted by Gasteiger charge is 2.26. The van der Waals surface area contributed by atoms with E-state index in [0.717, 1.165) is 11.4 Å². The Bertz CT molecular complexity index is 1010. The molecular weight excluding hydrogens is 384 g/mol. The van der Waals surface area contributed by atoms with E-state index in [1.165, 1.54) is 17.8 Å². The summed E-state index contributed by atoms with van der Waals surface area (Å²) in [6.45, 7) is 5.90. The minimum atomic E-state index is -0.514. The monoisotopic (exact) mass is 406 g/mol. The van der Waals surface area contributed by atoms with Crippen LogP contribution in [0.3, 0.4) is 0 Å². The number of hydrogen-bond acceptors (Lipinski definition) is 5. The molecule has 0 saturated heterocycles. The summed E-state index contributed by atoms with van der Waals surface area (Å²) in [6.07, 6.45) is 1.67. The van der Waals surface area contributed by atoms with Crippen LogP contribution in [-0.4, -0.2) is 20.7 Å². The molecule has 2 aromatic carbocycles. The Morgan fingerprint density at radius 3 is 2.24 bits per heavy atom. The Morgan fingerprint density at radius 1 is 1.17 bits per heavy atom. The molecule has 0 aliphatic heterocycles. The summed E-state index contributed by atoms with van der Waals surface area (Å²) >= 11 is 1.20. The smallest absolute Gasteiger partial charge is 0.275 e. The molecule has 7 heteroatoms. The molecule has 0 bridgehead atoms. The normalized spacial score (nSPS) is 11.6. The number of carbonyl (C=O) groups excluding carboxylic acids is 1. The van der Waals surface area contributed by atoms with Gasteiger partial charge in [-0.05, 0) is 31.2 Å². The third kappa shape index (κ3) is 4.75. The van der Waals surface area contributed by atoms with E-state index < -0.39 is 10.8 Å². The number of aromatic nitrogens is 2. The molecule has 0 aliphatic rings. The van der Waals surface area contributed by atoms with E-state index in [-0.39, 0.29) is 11.7 Å². The summed E-state index contributed by atoms with van der Waals surface area (Å²) in [5, 5.41) is -0.128. The van der Waals surface area contributed by atoms with Gasteiger partial charge in [0.25, 0.3) is 5.56 Å². The quantitative estimate of drug-likeness (QED) is 0.366. The zero-order chi connectivity index (χ0) is 20.8. The fourth-order valence-corrected chi connectivity index (χ4v) is 3.82. The van der Waals surface area contributed by atoms with Crippen LogP contribution in [-0.2, 0) is 11.3 Å². The van der Waals surface area contributed by atoms with Gasteiger partial charge in [-0.15, -0.1) is 6.58 Å². The number of rotatable bonds is 7. The summed E-state index contributed by atoms with van der Waals surface area (Å²) in [7, 11) is 0. The number of hydrogen-bond donors (Lipinski definition) is 1. The lowest BCUT2D eigenvalue weighted by molar-refractivity contribution is -0.117. The number of thioether (sulfide) groups is 1. The van der Waals surface area contributed by atoms with Gasteiger partial charge in [0.2, 0.25) is 5.91 Å². The first-order chi connectivity index (χ1) is 14.0. The third-order valence-electron chi connectivity index (χ3n) is 4.21. The van der Waals surface area contributed by atoms with Gasteiger partial charge < -0.3 is 10.3 Å². The largest absolute Gasteiger partial charge is 0.385 e. The second-order valence-corrected chi connectivity index (χ2v) is 7.61. The number of para-hydroxylation sites is 2. The minimum absolute atomic E-state index is 0.130. The average Bonchev–Trinajstić information content (AvgIpc) is 2.72. The van der Waals surface area contributed by atoms with E-state index in [4.69, 9.17) is 5.73 Å². The maximum Gasteiger partial charge on any atom is 0.275 e. The fourth-order valence-electron chi connectivity index (χ4n) is 2.85. The van der Waals surface area contributed by atoms with Crippen molar-refractivity contribution in [2.75, 3.05) is 10.6 Å². The van der Waals surface area contributed by atoms with Crippen molar-refractivity contribution in [3.63, 3.8) is 0 Å². The van der Waals surface area contributed by atoms with Crippen molar-refractivity contribution < 1.29 is 4.79 Å². The van der Waals surface area contributed by atoms with Gasteiger partial charge in [0.05, 0.1) is 5.25 Å². The van der Waals surface area contributed by atoms with Crippen LogP contribution in [0.25, 0.3) is 0 Å². The number of benzene rings is 2. The molecule has 0 fully saturated rings. The molecule has 1 aromatic heterocycles. The molecule has 3 rings (SSSR count). The van der Waals surface area contributed by atoms with Gasteiger partial charge in [0, 0.05) is 24.0 Å². The Morgan fingerprint density at radius 2 is 1.72 bits per heavy atom. The van der Waals surface area contributed by atoms with Crippen molar-refractivity contribution in [1.29, 1.82) is 0 Å². The maximum absolute atomic E-state index is 13.4. The number of amides is 1. The van der Waals surface area contributed by atoms with Crippen LogP contribution in [0, 0.1) is 0 Å². The molecule has 0 aliphatic carbocycles. The number of nitrogen functional groups attached to an aromatic ring is 1. The van der Waals surface area contributed by atoms with E-state index >= 15 is 0 Å². The highest BCUT2D eigenvalue weighted by atomic mass is 32.2. The van der Waals surface area contributed by atoms with E-state index in [9.17, 15) is 9.59 Å². The Hall–Kier alpha value is -3.32. The molecule has 29 heavy (non-hydrogen) atoms. The van der Waals surface area contributed by atoms with Crippen molar-refractivity contribution in [2.24, 2.45) is 0 Å². The van der Waals surface area contributed by atoms with Crippen molar-refractivity contribution >= 4 is 34.9 Å². The Balaban J connectivity index is 1.95. The maximum atomic E-state index is 13.4. The summed E-state index contributed by atoms with van der Waals surface area (Å²) in [4.78, 5) is 31.0. The number of allylic oxidation sites excluding steroid dienone is 1. The molecule has 3 aromatic rings. The van der Waals surface area contributed by atoms with Gasteiger partial charge in [0.1, 0.15) is 5.82 Å². The first-order valence-corrected chi connectivity index (χ1v) is 9.98. The fraction of sp³-hybridized carbons (Fsp3) is 0.136. The van der Waals surface area contributed by atoms with Crippen molar-refractivity contribution in [2.45, 2.75) is 23.9 Å². The summed E-state index contributed by atoms with van der Waals surface area (Å²) in [5.74, 6) is 0.157. The third-order valence-corrected chi connectivity index (χ3v) is 5.29. The van der Waals surface area contributed by atoms with E-state index in [1.54, 1.807) is 22.5 Å². The molecule has 0 radical (unpaired) electrons. The van der Waals surface area contributed by atoms with Gasteiger partial charge in [-0.25, -0.2) is 0 Å². The topological polar surface area (TPSA) is 81.2 Å². The van der Waals surface area contributed by atoms with Crippen LogP contribution in [0.4, 0.5) is 17.2 Å². The second kappa shape index (κ2) is 9.25. The number of carbonyl (C=O) groups is 1. The summed E-state index contributed by atoms with van der Waals surface area (Å²) in [5.41, 5.74) is 7.06. The lowest BCUT2D eigenvalue weighted by atomic mass is 10.2. The van der Waals surface area contributed by atoms with Gasteiger partial charge >= 0.3 is 0 Å². The molecule has 0 spiro atoms. The first kappa shape index (κ1) is 20.4. The molecule has 1 heterocycles. The Kier molecular flexibility index (Phi) is 6.51. The van der Waals surface area contributed by atoms with Crippen LogP contribution in [0.15, 0.2) is 89.3 Å². The molecule has 1 atom stereocenters.